The van der Waals surface area contributed by atoms with Gasteiger partial charge in [0.1, 0.15) is 5.82 Å². The SMILES string of the molecule is Cc1ccc(C(=O)N2CCN(c3ccc([N+](=O)[O-])c(OC(F)F)c3)CC2)cc1F. The van der Waals surface area contributed by atoms with E-state index in [-0.39, 0.29) is 11.5 Å². The van der Waals surface area contributed by atoms with Crippen LogP contribution in [0.15, 0.2) is 36.4 Å². The fraction of sp³-hybridized carbons (Fsp3) is 0.316. The number of anilines is 1. The van der Waals surface area contributed by atoms with E-state index in [1.165, 1.54) is 18.2 Å². The average Bonchev–Trinajstić information content (AvgIpc) is 2.69. The van der Waals surface area contributed by atoms with Gasteiger partial charge in [0.25, 0.3) is 5.91 Å². The number of carbonyl (C=O) groups is 1. The smallest absolute Gasteiger partial charge is 0.387 e. The zero-order chi connectivity index (χ0) is 21.1. The largest absolute Gasteiger partial charge is 0.427 e. The molecular weight excluding hydrogens is 391 g/mol. The van der Waals surface area contributed by atoms with Gasteiger partial charge in [-0.05, 0) is 30.7 Å². The number of carbonyl (C=O) groups excluding carboxylic acids is 1. The van der Waals surface area contributed by atoms with Crippen molar-refractivity contribution in [2.45, 2.75) is 13.5 Å². The zero-order valence-electron chi connectivity index (χ0n) is 15.5. The molecular formula is C19H18F3N3O4. The molecule has 154 valence electrons. The van der Waals surface area contributed by atoms with Crippen LogP contribution in [0.2, 0.25) is 0 Å². The molecule has 1 amide bonds. The van der Waals surface area contributed by atoms with Gasteiger partial charge in [0, 0.05) is 49.6 Å². The van der Waals surface area contributed by atoms with Gasteiger partial charge in [-0.25, -0.2) is 4.39 Å². The standard InChI is InChI=1S/C19H18F3N3O4/c1-12-2-3-13(10-15(12)20)18(26)24-8-6-23(7-9-24)14-4-5-16(25(27)28)17(11-14)29-19(21)22/h2-5,10-11,19H,6-9H2,1H3. The van der Waals surface area contributed by atoms with Crippen LogP contribution in [0.1, 0.15) is 15.9 Å². The van der Waals surface area contributed by atoms with Gasteiger partial charge in [-0.2, -0.15) is 8.78 Å². The fourth-order valence-electron chi connectivity index (χ4n) is 3.12. The minimum absolute atomic E-state index is 0.254. The van der Waals surface area contributed by atoms with Crippen LogP contribution >= 0.6 is 0 Å². The highest BCUT2D eigenvalue weighted by molar-refractivity contribution is 5.94. The molecule has 0 radical (unpaired) electrons. The van der Waals surface area contributed by atoms with Crippen LogP contribution in [0.3, 0.4) is 0 Å². The number of rotatable bonds is 5. The summed E-state index contributed by atoms with van der Waals surface area (Å²) in [6.45, 7) is -0.156. The van der Waals surface area contributed by atoms with E-state index < -0.39 is 28.8 Å². The second-order valence-corrected chi connectivity index (χ2v) is 6.53. The highest BCUT2D eigenvalue weighted by Gasteiger charge is 2.25. The van der Waals surface area contributed by atoms with Gasteiger partial charge in [0.05, 0.1) is 4.92 Å². The first-order valence-electron chi connectivity index (χ1n) is 8.80. The zero-order valence-corrected chi connectivity index (χ0v) is 15.5. The summed E-state index contributed by atoms with van der Waals surface area (Å²) < 4.78 is 43.1. The third kappa shape index (κ3) is 4.58. The van der Waals surface area contributed by atoms with Crippen LogP contribution in [0.5, 0.6) is 5.75 Å². The number of ether oxygens (including phenoxy) is 1. The summed E-state index contributed by atoms with van der Waals surface area (Å²) in [4.78, 5) is 26.1. The Morgan fingerprint density at radius 1 is 1.14 bits per heavy atom. The molecule has 0 unspecified atom stereocenters. The molecule has 3 rings (SSSR count). The number of piperazine rings is 1. The molecule has 1 fully saturated rings. The topological polar surface area (TPSA) is 75.9 Å². The van der Waals surface area contributed by atoms with Gasteiger partial charge in [0.2, 0.25) is 5.75 Å². The van der Waals surface area contributed by atoms with E-state index >= 15 is 0 Å². The van der Waals surface area contributed by atoms with E-state index in [4.69, 9.17) is 0 Å². The van der Waals surface area contributed by atoms with Crippen LogP contribution in [-0.2, 0) is 0 Å². The minimum atomic E-state index is -3.19. The van der Waals surface area contributed by atoms with Gasteiger partial charge in [0.15, 0.2) is 0 Å². The van der Waals surface area contributed by atoms with E-state index in [1.807, 2.05) is 4.90 Å². The summed E-state index contributed by atoms with van der Waals surface area (Å²) in [5.41, 5.74) is 0.625. The lowest BCUT2D eigenvalue weighted by Crippen LogP contribution is -2.48. The van der Waals surface area contributed by atoms with Crippen molar-refractivity contribution in [1.82, 2.24) is 4.90 Å². The normalized spacial score (nSPS) is 14.2. The van der Waals surface area contributed by atoms with Gasteiger partial charge >= 0.3 is 12.3 Å². The number of hydrogen-bond acceptors (Lipinski definition) is 5. The number of alkyl halides is 2. The second kappa shape index (κ2) is 8.38. The van der Waals surface area contributed by atoms with Crippen molar-refractivity contribution >= 4 is 17.3 Å². The quantitative estimate of drug-likeness (QED) is 0.557. The van der Waals surface area contributed by atoms with Crippen LogP contribution in [0.4, 0.5) is 24.5 Å². The summed E-state index contributed by atoms with van der Waals surface area (Å²) in [6, 6.07) is 8.06. The number of halogens is 3. The third-order valence-corrected chi connectivity index (χ3v) is 4.71. The van der Waals surface area contributed by atoms with Crippen molar-refractivity contribution in [2.24, 2.45) is 0 Å². The van der Waals surface area contributed by atoms with Crippen molar-refractivity contribution in [3.63, 3.8) is 0 Å². The van der Waals surface area contributed by atoms with Crippen LogP contribution in [0, 0.1) is 22.9 Å². The number of benzene rings is 2. The first kappa shape index (κ1) is 20.4. The number of amides is 1. The molecule has 2 aromatic carbocycles. The first-order chi connectivity index (χ1) is 13.8. The van der Waals surface area contributed by atoms with Crippen molar-refractivity contribution < 1.29 is 27.6 Å². The molecule has 0 spiro atoms. The summed E-state index contributed by atoms with van der Waals surface area (Å²) in [5, 5.41) is 11.0. The predicted octanol–water partition coefficient (Wildman–Crippen LogP) is 3.61. The van der Waals surface area contributed by atoms with Crippen molar-refractivity contribution in [3.8, 4) is 5.75 Å². The summed E-state index contributed by atoms with van der Waals surface area (Å²) >= 11 is 0. The summed E-state index contributed by atoms with van der Waals surface area (Å²) in [5.74, 6) is -1.27. The monoisotopic (exact) mass is 409 g/mol. The molecule has 2 aromatic rings. The highest BCUT2D eigenvalue weighted by atomic mass is 19.3. The predicted molar refractivity (Wildman–Crippen MR) is 99.0 cm³/mol. The molecule has 0 bridgehead atoms. The lowest BCUT2D eigenvalue weighted by atomic mass is 10.1. The lowest BCUT2D eigenvalue weighted by Gasteiger charge is -2.36. The van der Waals surface area contributed by atoms with Crippen molar-refractivity contribution in [3.05, 3.63) is 63.5 Å². The molecule has 10 heteroatoms. The Kier molecular flexibility index (Phi) is 5.90. The second-order valence-electron chi connectivity index (χ2n) is 6.53. The van der Waals surface area contributed by atoms with Gasteiger partial charge in [-0.1, -0.05) is 6.07 Å². The number of nitro benzene ring substituents is 1. The maximum Gasteiger partial charge on any atom is 0.387 e. The van der Waals surface area contributed by atoms with Crippen LogP contribution in [-0.4, -0.2) is 48.5 Å². The molecule has 1 aliphatic heterocycles. The van der Waals surface area contributed by atoms with E-state index in [0.717, 1.165) is 6.07 Å². The lowest BCUT2D eigenvalue weighted by molar-refractivity contribution is -0.386. The van der Waals surface area contributed by atoms with Crippen LogP contribution in [0.25, 0.3) is 0 Å². The Morgan fingerprint density at radius 2 is 1.83 bits per heavy atom. The highest BCUT2D eigenvalue weighted by Crippen LogP contribution is 2.33. The molecule has 0 atom stereocenters. The molecule has 0 N–H and O–H groups in total. The van der Waals surface area contributed by atoms with Crippen molar-refractivity contribution in [1.29, 1.82) is 0 Å². The average molecular weight is 409 g/mol. The fourth-order valence-corrected chi connectivity index (χ4v) is 3.12. The molecule has 1 aliphatic rings. The Bertz CT molecular complexity index is 931. The van der Waals surface area contributed by atoms with E-state index in [0.29, 0.717) is 37.4 Å². The van der Waals surface area contributed by atoms with E-state index in [2.05, 4.69) is 4.74 Å². The van der Waals surface area contributed by atoms with E-state index in [1.54, 1.807) is 24.0 Å². The maximum atomic E-state index is 13.7. The summed E-state index contributed by atoms with van der Waals surface area (Å²) in [6.07, 6.45) is 0. The van der Waals surface area contributed by atoms with Crippen molar-refractivity contribution in [2.75, 3.05) is 31.1 Å². The molecule has 29 heavy (non-hydrogen) atoms. The Labute approximate surface area is 164 Å². The van der Waals surface area contributed by atoms with Gasteiger partial charge in [-0.3, -0.25) is 14.9 Å². The summed E-state index contributed by atoms with van der Waals surface area (Å²) in [7, 11) is 0. The molecule has 0 aromatic heterocycles. The van der Waals surface area contributed by atoms with Gasteiger partial charge in [-0.15, -0.1) is 0 Å². The molecule has 0 aliphatic carbocycles. The first-order valence-corrected chi connectivity index (χ1v) is 8.80. The Morgan fingerprint density at radius 3 is 2.41 bits per heavy atom. The van der Waals surface area contributed by atoms with Crippen LogP contribution < -0.4 is 9.64 Å². The Balaban J connectivity index is 1.70. The molecule has 1 heterocycles. The molecule has 1 saturated heterocycles. The van der Waals surface area contributed by atoms with E-state index in [9.17, 15) is 28.1 Å². The maximum absolute atomic E-state index is 13.7. The Hall–Kier alpha value is -3.30. The number of nitrogens with zero attached hydrogens (tertiary/aromatic N) is 3. The molecule has 7 nitrogen and oxygen atoms in total. The number of nitro groups is 1. The molecule has 0 saturated carbocycles. The number of aryl methyl sites for hydroxylation is 1. The van der Waals surface area contributed by atoms with Gasteiger partial charge < -0.3 is 14.5 Å². The number of hydrogen-bond donors (Lipinski definition) is 0. The third-order valence-electron chi connectivity index (χ3n) is 4.71. The minimum Gasteiger partial charge on any atom is -0.427 e.